The van der Waals surface area contributed by atoms with Gasteiger partial charge in [-0.15, -0.1) is 0 Å². The summed E-state index contributed by atoms with van der Waals surface area (Å²) in [5, 5.41) is 0. The molecule has 0 aliphatic carbocycles. The van der Waals surface area contributed by atoms with Crippen LogP contribution in [0.1, 0.15) is 23.0 Å². The number of furan rings is 1. The Bertz CT molecular complexity index is 351. The second-order valence-corrected chi connectivity index (χ2v) is 3.04. The molecule has 1 heterocycles. The fourth-order valence-electron chi connectivity index (χ4n) is 1.11. The van der Waals surface area contributed by atoms with Crippen LogP contribution in [0.2, 0.25) is 0 Å². The van der Waals surface area contributed by atoms with Crippen LogP contribution in [0, 0.1) is 12.8 Å². The second kappa shape index (κ2) is 4.09. The molecule has 1 aromatic rings. The predicted octanol–water partition coefficient (Wildman–Crippen LogP) is 1.58. The van der Waals surface area contributed by atoms with Crippen molar-refractivity contribution >= 4 is 11.8 Å². The van der Waals surface area contributed by atoms with Crippen LogP contribution >= 0.6 is 0 Å². The summed E-state index contributed by atoms with van der Waals surface area (Å²) in [5.41, 5.74) is 0.728. The highest BCUT2D eigenvalue weighted by Gasteiger charge is 2.26. The molecule has 0 spiro atoms. The zero-order valence-corrected chi connectivity index (χ0v) is 8.37. The Hall–Kier alpha value is -1.58. The van der Waals surface area contributed by atoms with Crippen LogP contribution in [0.4, 0.5) is 0 Å². The van der Waals surface area contributed by atoms with Crippen molar-refractivity contribution in [2.75, 3.05) is 7.11 Å². The number of rotatable bonds is 3. The summed E-state index contributed by atoms with van der Waals surface area (Å²) in [4.78, 5) is 22.7. The molecule has 76 valence electrons. The number of carbonyl (C=O) groups is 2. The molecule has 4 heteroatoms. The Morgan fingerprint density at radius 2 is 2.14 bits per heavy atom. The minimum absolute atomic E-state index is 0.225. The van der Waals surface area contributed by atoms with E-state index in [-0.39, 0.29) is 11.5 Å². The van der Waals surface area contributed by atoms with E-state index in [9.17, 15) is 9.59 Å². The Morgan fingerprint density at radius 3 is 2.57 bits per heavy atom. The maximum absolute atomic E-state index is 11.6. The number of aryl methyl sites for hydroxylation is 1. The van der Waals surface area contributed by atoms with Crippen molar-refractivity contribution in [3.8, 4) is 0 Å². The molecule has 0 aliphatic rings. The molecule has 0 aromatic carbocycles. The topological polar surface area (TPSA) is 56.5 Å². The number of ketones is 1. The summed E-state index contributed by atoms with van der Waals surface area (Å²) < 4.78 is 9.45. The molecule has 0 saturated carbocycles. The lowest BCUT2D eigenvalue weighted by molar-refractivity contribution is -0.143. The van der Waals surface area contributed by atoms with Crippen LogP contribution in [-0.4, -0.2) is 18.9 Å². The fraction of sp³-hybridized carbons (Fsp3) is 0.400. The number of ether oxygens (including phenoxy) is 1. The van der Waals surface area contributed by atoms with Crippen molar-refractivity contribution in [3.05, 3.63) is 23.7 Å². The second-order valence-electron chi connectivity index (χ2n) is 3.04. The van der Waals surface area contributed by atoms with E-state index in [1.54, 1.807) is 13.0 Å². The molecular formula is C10H12O4. The maximum atomic E-state index is 11.6. The molecule has 0 amide bonds. The molecule has 0 bridgehead atoms. The lowest BCUT2D eigenvalue weighted by atomic mass is 10.0. The van der Waals surface area contributed by atoms with E-state index < -0.39 is 11.9 Å². The first-order valence-electron chi connectivity index (χ1n) is 4.24. The molecule has 1 aromatic heterocycles. The van der Waals surface area contributed by atoms with Crippen LogP contribution in [0.5, 0.6) is 0 Å². The van der Waals surface area contributed by atoms with Gasteiger partial charge >= 0.3 is 5.97 Å². The van der Waals surface area contributed by atoms with Gasteiger partial charge in [-0.2, -0.15) is 0 Å². The van der Waals surface area contributed by atoms with Crippen molar-refractivity contribution in [1.82, 2.24) is 0 Å². The summed E-state index contributed by atoms with van der Waals surface area (Å²) in [5.74, 6) is -1.49. The van der Waals surface area contributed by atoms with Gasteiger partial charge in [-0.05, 0) is 25.5 Å². The first-order valence-corrected chi connectivity index (χ1v) is 4.24. The largest absolute Gasteiger partial charge is 0.468 e. The molecule has 0 aliphatic heterocycles. The van der Waals surface area contributed by atoms with Gasteiger partial charge < -0.3 is 9.15 Å². The zero-order valence-electron chi connectivity index (χ0n) is 8.37. The minimum Gasteiger partial charge on any atom is -0.468 e. The van der Waals surface area contributed by atoms with Gasteiger partial charge in [0.2, 0.25) is 5.78 Å². The lowest BCUT2D eigenvalue weighted by Gasteiger charge is -2.06. The minimum atomic E-state index is -0.815. The lowest BCUT2D eigenvalue weighted by Crippen LogP contribution is -2.22. The standard InChI is InChI=1S/C10H12O4/c1-6-4-5-14-9(6)8(11)7(2)10(12)13-3/h4-5,7H,1-3H3. The first-order chi connectivity index (χ1) is 6.57. The normalized spacial score (nSPS) is 12.2. The molecule has 0 fully saturated rings. The zero-order chi connectivity index (χ0) is 10.7. The van der Waals surface area contributed by atoms with Gasteiger partial charge in [-0.1, -0.05) is 0 Å². The fourth-order valence-corrected chi connectivity index (χ4v) is 1.11. The highest BCUT2D eigenvalue weighted by molar-refractivity contribution is 6.07. The molecular weight excluding hydrogens is 184 g/mol. The molecule has 1 atom stereocenters. The number of carbonyl (C=O) groups excluding carboxylic acids is 2. The van der Waals surface area contributed by atoms with Crippen LogP contribution in [0.15, 0.2) is 16.7 Å². The van der Waals surface area contributed by atoms with Crippen LogP contribution in [-0.2, 0) is 9.53 Å². The number of hydrogen-bond donors (Lipinski definition) is 0. The smallest absolute Gasteiger partial charge is 0.316 e. The third-order valence-corrected chi connectivity index (χ3v) is 2.03. The van der Waals surface area contributed by atoms with Crippen LogP contribution in [0.3, 0.4) is 0 Å². The highest BCUT2D eigenvalue weighted by Crippen LogP contribution is 2.15. The molecule has 14 heavy (non-hydrogen) atoms. The average molecular weight is 196 g/mol. The van der Waals surface area contributed by atoms with E-state index in [4.69, 9.17) is 4.42 Å². The molecule has 0 N–H and O–H groups in total. The van der Waals surface area contributed by atoms with Crippen LogP contribution in [0.25, 0.3) is 0 Å². The SMILES string of the molecule is COC(=O)C(C)C(=O)c1occc1C. The number of Topliss-reactive ketones (excluding diaryl/α,β-unsaturated/α-hetero) is 1. The first kappa shape index (κ1) is 10.5. The summed E-state index contributed by atoms with van der Waals surface area (Å²) in [6.45, 7) is 3.25. The highest BCUT2D eigenvalue weighted by atomic mass is 16.5. The Kier molecular flexibility index (Phi) is 3.06. The summed E-state index contributed by atoms with van der Waals surface area (Å²) in [6, 6.07) is 1.68. The predicted molar refractivity (Wildman–Crippen MR) is 49.0 cm³/mol. The molecule has 1 unspecified atom stereocenters. The Labute approximate surface area is 81.9 Å². The third kappa shape index (κ3) is 1.84. The van der Waals surface area contributed by atoms with Crippen molar-refractivity contribution in [2.45, 2.75) is 13.8 Å². The van der Waals surface area contributed by atoms with Gasteiger partial charge in [0.05, 0.1) is 13.4 Å². The Balaban J connectivity index is 2.86. The average Bonchev–Trinajstić information content (AvgIpc) is 2.61. The maximum Gasteiger partial charge on any atom is 0.316 e. The third-order valence-electron chi connectivity index (χ3n) is 2.03. The van der Waals surface area contributed by atoms with Gasteiger partial charge in [0.1, 0.15) is 5.92 Å². The van der Waals surface area contributed by atoms with Gasteiger partial charge in [-0.25, -0.2) is 0 Å². The Morgan fingerprint density at radius 1 is 1.50 bits per heavy atom. The summed E-state index contributed by atoms with van der Waals surface area (Å²) >= 11 is 0. The van der Waals surface area contributed by atoms with Gasteiger partial charge in [-0.3, -0.25) is 9.59 Å². The van der Waals surface area contributed by atoms with E-state index >= 15 is 0 Å². The van der Waals surface area contributed by atoms with Crippen molar-refractivity contribution in [2.24, 2.45) is 5.92 Å². The van der Waals surface area contributed by atoms with Gasteiger partial charge in [0.15, 0.2) is 5.76 Å². The van der Waals surface area contributed by atoms with Crippen molar-refractivity contribution in [1.29, 1.82) is 0 Å². The monoisotopic (exact) mass is 196 g/mol. The molecule has 1 rings (SSSR count). The summed E-state index contributed by atoms with van der Waals surface area (Å²) in [7, 11) is 1.25. The number of esters is 1. The molecule has 0 saturated heterocycles. The van der Waals surface area contributed by atoms with Crippen LogP contribution < -0.4 is 0 Å². The van der Waals surface area contributed by atoms with Crippen molar-refractivity contribution < 1.29 is 18.7 Å². The molecule has 0 radical (unpaired) electrons. The van der Waals surface area contributed by atoms with Gasteiger partial charge in [0.25, 0.3) is 0 Å². The van der Waals surface area contributed by atoms with E-state index in [1.807, 2.05) is 0 Å². The van der Waals surface area contributed by atoms with E-state index in [0.717, 1.165) is 5.56 Å². The van der Waals surface area contributed by atoms with E-state index in [1.165, 1.54) is 20.3 Å². The number of hydrogen-bond acceptors (Lipinski definition) is 4. The van der Waals surface area contributed by atoms with Gasteiger partial charge in [0, 0.05) is 0 Å². The van der Waals surface area contributed by atoms with E-state index in [2.05, 4.69) is 4.74 Å². The van der Waals surface area contributed by atoms with E-state index in [0.29, 0.717) is 0 Å². The van der Waals surface area contributed by atoms with Crippen molar-refractivity contribution in [3.63, 3.8) is 0 Å². The quantitative estimate of drug-likeness (QED) is 0.418. The number of methoxy groups -OCH3 is 1. The summed E-state index contributed by atoms with van der Waals surface area (Å²) in [6.07, 6.45) is 1.42. The molecule has 4 nitrogen and oxygen atoms in total.